The van der Waals surface area contributed by atoms with Gasteiger partial charge in [-0.3, -0.25) is 4.79 Å². The standard InChI is InChI=1S/C15H21N5O/c1-2-3-4-5-8-20-10-18-12-9-11(6-7-13(12)20)14(21)19-15(16)17/h6-7,9-10H,2-5,8H2,1H3,(H4,16,17,19,21). The topological polar surface area (TPSA) is 99.3 Å². The predicted octanol–water partition coefficient (Wildman–Crippen LogP) is 2.03. The summed E-state index contributed by atoms with van der Waals surface area (Å²) in [6, 6.07) is 5.32. The Hall–Kier alpha value is -2.37. The summed E-state index contributed by atoms with van der Waals surface area (Å²) in [5.41, 5.74) is 12.7. The van der Waals surface area contributed by atoms with Gasteiger partial charge in [-0.15, -0.1) is 0 Å². The lowest BCUT2D eigenvalue weighted by Crippen LogP contribution is -2.24. The quantitative estimate of drug-likeness (QED) is 0.482. The molecule has 6 nitrogen and oxygen atoms in total. The van der Waals surface area contributed by atoms with Crippen molar-refractivity contribution in [3.05, 3.63) is 30.1 Å². The minimum absolute atomic E-state index is 0.235. The summed E-state index contributed by atoms with van der Waals surface area (Å²) in [4.78, 5) is 19.6. The number of hydrogen-bond donors (Lipinski definition) is 2. The molecule has 0 radical (unpaired) electrons. The highest BCUT2D eigenvalue weighted by Gasteiger charge is 2.08. The molecular formula is C15H21N5O. The van der Waals surface area contributed by atoms with Gasteiger partial charge >= 0.3 is 0 Å². The monoisotopic (exact) mass is 287 g/mol. The molecule has 0 spiro atoms. The first-order chi connectivity index (χ1) is 10.1. The van der Waals surface area contributed by atoms with Crippen molar-refractivity contribution >= 4 is 22.9 Å². The molecule has 112 valence electrons. The fourth-order valence-corrected chi connectivity index (χ4v) is 2.27. The number of carbonyl (C=O) groups is 1. The molecule has 1 aromatic carbocycles. The lowest BCUT2D eigenvalue weighted by Gasteiger charge is -2.04. The summed E-state index contributed by atoms with van der Waals surface area (Å²) in [6.45, 7) is 3.14. The molecule has 2 aromatic rings. The number of guanidine groups is 1. The van der Waals surface area contributed by atoms with E-state index in [0.717, 1.165) is 24.0 Å². The Balaban J connectivity index is 2.15. The first kappa shape index (κ1) is 15.0. The van der Waals surface area contributed by atoms with Crippen molar-refractivity contribution in [2.45, 2.75) is 39.2 Å². The van der Waals surface area contributed by atoms with E-state index in [4.69, 9.17) is 11.5 Å². The first-order valence-electron chi connectivity index (χ1n) is 7.20. The van der Waals surface area contributed by atoms with Crippen LogP contribution in [0.4, 0.5) is 0 Å². The van der Waals surface area contributed by atoms with Gasteiger partial charge in [-0.1, -0.05) is 26.2 Å². The minimum Gasteiger partial charge on any atom is -0.370 e. The van der Waals surface area contributed by atoms with Crippen LogP contribution < -0.4 is 11.5 Å². The number of fused-ring (bicyclic) bond motifs is 1. The van der Waals surface area contributed by atoms with Crippen molar-refractivity contribution < 1.29 is 4.79 Å². The largest absolute Gasteiger partial charge is 0.370 e. The van der Waals surface area contributed by atoms with Crippen LogP contribution in [0.5, 0.6) is 0 Å². The molecule has 0 bridgehead atoms. The number of carbonyl (C=O) groups excluding carboxylic acids is 1. The van der Waals surface area contributed by atoms with E-state index in [1.165, 1.54) is 19.3 Å². The zero-order valence-electron chi connectivity index (χ0n) is 12.2. The molecule has 0 saturated heterocycles. The zero-order valence-corrected chi connectivity index (χ0v) is 12.2. The molecular weight excluding hydrogens is 266 g/mol. The molecule has 4 N–H and O–H groups in total. The van der Waals surface area contributed by atoms with Gasteiger partial charge in [0, 0.05) is 12.1 Å². The maximum Gasteiger partial charge on any atom is 0.280 e. The minimum atomic E-state index is -0.450. The highest BCUT2D eigenvalue weighted by atomic mass is 16.1. The van der Waals surface area contributed by atoms with Crippen molar-refractivity contribution in [2.75, 3.05) is 0 Å². The number of nitrogens with zero attached hydrogens (tertiary/aromatic N) is 3. The highest BCUT2D eigenvalue weighted by molar-refractivity contribution is 6.03. The number of aryl methyl sites for hydroxylation is 1. The summed E-state index contributed by atoms with van der Waals surface area (Å²) in [6.07, 6.45) is 6.64. The summed E-state index contributed by atoms with van der Waals surface area (Å²) in [5.74, 6) is -0.684. The van der Waals surface area contributed by atoms with E-state index in [-0.39, 0.29) is 5.96 Å². The third-order valence-electron chi connectivity index (χ3n) is 3.35. The normalized spacial score (nSPS) is 10.7. The fraction of sp³-hybridized carbons (Fsp3) is 0.400. The van der Waals surface area contributed by atoms with Gasteiger partial charge in [-0.2, -0.15) is 4.99 Å². The number of amides is 1. The number of imidazole rings is 1. The molecule has 0 aliphatic heterocycles. The lowest BCUT2D eigenvalue weighted by atomic mass is 10.2. The molecule has 0 aliphatic rings. The second-order valence-corrected chi connectivity index (χ2v) is 5.04. The third-order valence-corrected chi connectivity index (χ3v) is 3.35. The molecule has 0 aliphatic carbocycles. The van der Waals surface area contributed by atoms with Gasteiger partial charge in [0.05, 0.1) is 17.4 Å². The lowest BCUT2D eigenvalue weighted by molar-refractivity contribution is 0.100. The van der Waals surface area contributed by atoms with Crippen LogP contribution >= 0.6 is 0 Å². The Bertz CT molecular complexity index is 655. The van der Waals surface area contributed by atoms with Gasteiger partial charge in [0.15, 0.2) is 5.96 Å². The summed E-state index contributed by atoms with van der Waals surface area (Å²) in [7, 11) is 0. The van der Waals surface area contributed by atoms with E-state index in [0.29, 0.717) is 5.56 Å². The second-order valence-electron chi connectivity index (χ2n) is 5.04. The van der Waals surface area contributed by atoms with Gasteiger partial charge in [0.1, 0.15) is 0 Å². The van der Waals surface area contributed by atoms with Gasteiger partial charge in [0.2, 0.25) is 0 Å². The molecule has 2 rings (SSSR count). The molecule has 1 heterocycles. The maximum absolute atomic E-state index is 11.8. The number of benzene rings is 1. The van der Waals surface area contributed by atoms with Crippen molar-refractivity contribution in [3.8, 4) is 0 Å². The molecule has 0 unspecified atom stereocenters. The predicted molar refractivity (Wildman–Crippen MR) is 84.0 cm³/mol. The highest BCUT2D eigenvalue weighted by Crippen LogP contribution is 2.16. The second kappa shape index (κ2) is 6.88. The molecule has 6 heteroatoms. The summed E-state index contributed by atoms with van der Waals surface area (Å²) >= 11 is 0. The van der Waals surface area contributed by atoms with E-state index in [1.54, 1.807) is 12.1 Å². The number of hydrogen-bond acceptors (Lipinski definition) is 2. The van der Waals surface area contributed by atoms with Crippen LogP contribution in [-0.2, 0) is 6.54 Å². The molecule has 0 atom stereocenters. The van der Waals surface area contributed by atoms with Crippen molar-refractivity contribution in [1.29, 1.82) is 0 Å². The Morgan fingerprint density at radius 3 is 2.81 bits per heavy atom. The van der Waals surface area contributed by atoms with Crippen molar-refractivity contribution in [2.24, 2.45) is 16.5 Å². The molecule has 0 fully saturated rings. The summed E-state index contributed by atoms with van der Waals surface area (Å²) < 4.78 is 2.11. The average molecular weight is 287 g/mol. The Labute approximate surface area is 123 Å². The van der Waals surface area contributed by atoms with Crippen LogP contribution in [0.25, 0.3) is 11.0 Å². The van der Waals surface area contributed by atoms with E-state index in [2.05, 4.69) is 21.5 Å². The maximum atomic E-state index is 11.8. The Morgan fingerprint density at radius 1 is 1.29 bits per heavy atom. The fourth-order valence-electron chi connectivity index (χ4n) is 2.27. The SMILES string of the molecule is CCCCCCn1cnc2cc(C(=O)N=C(N)N)ccc21. The third kappa shape index (κ3) is 3.81. The Morgan fingerprint density at radius 2 is 2.10 bits per heavy atom. The average Bonchev–Trinajstić information content (AvgIpc) is 2.85. The number of rotatable bonds is 6. The van der Waals surface area contributed by atoms with Gasteiger partial charge in [-0.25, -0.2) is 4.98 Å². The van der Waals surface area contributed by atoms with E-state index in [1.807, 2.05) is 12.4 Å². The molecule has 21 heavy (non-hydrogen) atoms. The van der Waals surface area contributed by atoms with E-state index in [9.17, 15) is 4.79 Å². The number of aromatic nitrogens is 2. The van der Waals surface area contributed by atoms with Crippen LogP contribution in [-0.4, -0.2) is 21.4 Å². The van der Waals surface area contributed by atoms with Crippen LogP contribution in [0.2, 0.25) is 0 Å². The van der Waals surface area contributed by atoms with Gasteiger partial charge in [-0.05, 0) is 24.6 Å². The van der Waals surface area contributed by atoms with Crippen LogP contribution in [0, 0.1) is 0 Å². The van der Waals surface area contributed by atoms with Crippen molar-refractivity contribution in [3.63, 3.8) is 0 Å². The van der Waals surface area contributed by atoms with Gasteiger partial charge in [0.25, 0.3) is 5.91 Å². The van der Waals surface area contributed by atoms with Crippen LogP contribution in [0.15, 0.2) is 29.5 Å². The Kier molecular flexibility index (Phi) is 4.92. The van der Waals surface area contributed by atoms with Crippen molar-refractivity contribution in [1.82, 2.24) is 9.55 Å². The molecule has 1 aromatic heterocycles. The molecule has 0 saturated carbocycles. The summed E-state index contributed by atoms with van der Waals surface area (Å²) in [5, 5.41) is 0. The molecule has 1 amide bonds. The number of unbranched alkanes of at least 4 members (excludes halogenated alkanes) is 3. The smallest absolute Gasteiger partial charge is 0.280 e. The van der Waals surface area contributed by atoms with Crippen LogP contribution in [0.1, 0.15) is 43.0 Å². The first-order valence-corrected chi connectivity index (χ1v) is 7.20. The van der Waals surface area contributed by atoms with Crippen LogP contribution in [0.3, 0.4) is 0 Å². The zero-order chi connectivity index (χ0) is 15.2. The number of nitrogens with two attached hydrogens (primary N) is 2. The van der Waals surface area contributed by atoms with E-state index < -0.39 is 5.91 Å². The van der Waals surface area contributed by atoms with E-state index >= 15 is 0 Å². The van der Waals surface area contributed by atoms with Gasteiger partial charge < -0.3 is 16.0 Å². The number of aliphatic imine (C=N–C) groups is 1.